The molecule has 1 aliphatic rings. The Kier molecular flexibility index (Phi) is 3.88. The van der Waals surface area contributed by atoms with Crippen molar-refractivity contribution in [3.8, 4) is 11.6 Å². The zero-order valence-electron chi connectivity index (χ0n) is 13.6. The highest BCUT2D eigenvalue weighted by molar-refractivity contribution is 6.03. The van der Waals surface area contributed by atoms with Gasteiger partial charge in [-0.1, -0.05) is 18.2 Å². The topological polar surface area (TPSA) is 97.9 Å². The first-order chi connectivity index (χ1) is 11.5. The van der Waals surface area contributed by atoms with Gasteiger partial charge >= 0.3 is 5.69 Å². The van der Waals surface area contributed by atoms with E-state index in [9.17, 15) is 14.7 Å². The minimum Gasteiger partial charge on any atom is -0.496 e. The summed E-state index contributed by atoms with van der Waals surface area (Å²) in [4.78, 5) is 24.2. The van der Waals surface area contributed by atoms with E-state index in [-0.39, 0.29) is 17.5 Å². The molecule has 1 atom stereocenters. The smallest absolute Gasteiger partial charge is 0.333 e. The van der Waals surface area contributed by atoms with Gasteiger partial charge in [-0.05, 0) is 6.07 Å². The molecule has 1 aromatic heterocycles. The Morgan fingerprint density at radius 3 is 2.67 bits per heavy atom. The van der Waals surface area contributed by atoms with Gasteiger partial charge in [-0.15, -0.1) is 0 Å². The maximum Gasteiger partial charge on any atom is 0.333 e. The van der Waals surface area contributed by atoms with Crippen LogP contribution in [0, 0.1) is 0 Å². The molecule has 2 N–H and O–H groups in total. The zero-order chi connectivity index (χ0) is 17.4. The van der Waals surface area contributed by atoms with Crippen molar-refractivity contribution in [3.05, 3.63) is 56.2 Å². The number of hydrogen-bond acceptors (Lipinski definition) is 6. The van der Waals surface area contributed by atoms with Crippen molar-refractivity contribution < 1.29 is 9.84 Å². The maximum absolute atomic E-state index is 12.4. The first-order valence-electron chi connectivity index (χ1n) is 7.40. The van der Waals surface area contributed by atoms with E-state index in [2.05, 4.69) is 10.5 Å². The number of methoxy groups -OCH3 is 1. The number of nitrogens with zero attached hydrogens (tertiary/aromatic N) is 3. The highest BCUT2D eigenvalue weighted by Gasteiger charge is 2.28. The summed E-state index contributed by atoms with van der Waals surface area (Å²) in [5.74, 6) is 0.327. The van der Waals surface area contributed by atoms with Crippen LogP contribution in [0.2, 0.25) is 0 Å². The third-order valence-corrected chi connectivity index (χ3v) is 4.19. The van der Waals surface area contributed by atoms with Gasteiger partial charge in [0.25, 0.3) is 5.56 Å². The average Bonchev–Trinajstić information content (AvgIpc) is 3.08. The molecule has 2 heterocycles. The molecule has 0 aliphatic carbocycles. The summed E-state index contributed by atoms with van der Waals surface area (Å²) in [7, 11) is 4.36. The van der Waals surface area contributed by atoms with Crippen LogP contribution in [0.3, 0.4) is 0 Å². The molecular weight excluding hydrogens is 312 g/mol. The van der Waals surface area contributed by atoms with E-state index in [1.165, 1.54) is 14.1 Å². The number of para-hydroxylation sites is 1. The van der Waals surface area contributed by atoms with Crippen molar-refractivity contribution in [2.45, 2.75) is 12.5 Å². The van der Waals surface area contributed by atoms with Crippen LogP contribution in [-0.4, -0.2) is 27.1 Å². The molecule has 0 spiro atoms. The van der Waals surface area contributed by atoms with Crippen molar-refractivity contribution in [1.29, 1.82) is 0 Å². The minimum atomic E-state index is -0.589. The van der Waals surface area contributed by atoms with Gasteiger partial charge < -0.3 is 15.3 Å². The molecule has 0 unspecified atom stereocenters. The molecule has 8 nitrogen and oxygen atoms in total. The van der Waals surface area contributed by atoms with Gasteiger partial charge in [0.1, 0.15) is 11.3 Å². The summed E-state index contributed by atoms with van der Waals surface area (Å²) in [6.07, 6.45) is 0.390. The molecule has 24 heavy (non-hydrogen) atoms. The summed E-state index contributed by atoms with van der Waals surface area (Å²) in [5, 5.41) is 14.4. The lowest BCUT2D eigenvalue weighted by Crippen LogP contribution is -2.39. The van der Waals surface area contributed by atoms with Crippen LogP contribution in [0.4, 0.5) is 0 Å². The monoisotopic (exact) mass is 330 g/mol. The third kappa shape index (κ3) is 2.36. The van der Waals surface area contributed by atoms with Crippen LogP contribution in [0.5, 0.6) is 11.6 Å². The Bertz CT molecular complexity index is 942. The molecule has 0 bridgehead atoms. The van der Waals surface area contributed by atoms with Gasteiger partial charge in [0.15, 0.2) is 0 Å². The van der Waals surface area contributed by atoms with Gasteiger partial charge in [-0.3, -0.25) is 13.9 Å². The van der Waals surface area contributed by atoms with Crippen molar-refractivity contribution in [2.24, 2.45) is 19.2 Å². The van der Waals surface area contributed by atoms with E-state index in [0.717, 1.165) is 14.7 Å². The lowest BCUT2D eigenvalue weighted by molar-refractivity contribution is 0.402. The predicted octanol–water partition coefficient (Wildman–Crippen LogP) is 0.237. The second kappa shape index (κ2) is 5.88. The van der Waals surface area contributed by atoms with E-state index in [4.69, 9.17) is 4.74 Å². The molecule has 0 saturated carbocycles. The normalized spacial score (nSPS) is 16.6. The zero-order valence-corrected chi connectivity index (χ0v) is 13.6. The summed E-state index contributed by atoms with van der Waals surface area (Å²) in [5.41, 5.74) is 3.14. The Balaban J connectivity index is 2.01. The van der Waals surface area contributed by atoms with Crippen molar-refractivity contribution in [2.75, 3.05) is 7.11 Å². The predicted molar refractivity (Wildman–Crippen MR) is 88.6 cm³/mol. The van der Waals surface area contributed by atoms with Crippen molar-refractivity contribution in [3.63, 3.8) is 0 Å². The fourth-order valence-electron chi connectivity index (χ4n) is 2.82. The lowest BCUT2D eigenvalue weighted by atomic mass is 9.99. The standard InChI is InChI=1S/C16H18N4O4/c1-19-14(21)13(15(22)20(2)16(19)23)11-8-10(17-18-11)9-6-4-5-7-12(9)24-3/h4-7,10,17,21H,8H2,1-3H3/t10-/m0/s1. The first-order valence-corrected chi connectivity index (χ1v) is 7.40. The van der Waals surface area contributed by atoms with Crippen LogP contribution in [0.15, 0.2) is 39.0 Å². The third-order valence-electron chi connectivity index (χ3n) is 4.19. The highest BCUT2D eigenvalue weighted by atomic mass is 16.5. The molecule has 0 saturated heterocycles. The quantitative estimate of drug-likeness (QED) is 0.840. The van der Waals surface area contributed by atoms with Gasteiger partial charge in [0.05, 0.1) is 18.9 Å². The minimum absolute atomic E-state index is 0.0319. The van der Waals surface area contributed by atoms with E-state index in [1.807, 2.05) is 24.3 Å². The second-order valence-corrected chi connectivity index (χ2v) is 5.59. The SMILES string of the molecule is COc1ccccc1[C@@H]1CC(c2c(O)n(C)c(=O)n(C)c2=O)=NN1. The number of rotatable bonds is 3. The number of hydrazone groups is 1. The van der Waals surface area contributed by atoms with Crippen LogP contribution in [0.25, 0.3) is 0 Å². The highest BCUT2D eigenvalue weighted by Crippen LogP contribution is 2.31. The maximum atomic E-state index is 12.4. The molecule has 126 valence electrons. The summed E-state index contributed by atoms with van der Waals surface area (Å²) >= 11 is 0. The molecule has 3 rings (SSSR count). The van der Waals surface area contributed by atoms with E-state index in [1.54, 1.807) is 7.11 Å². The molecule has 8 heteroatoms. The molecule has 2 aromatic rings. The van der Waals surface area contributed by atoms with Crippen LogP contribution < -0.4 is 21.4 Å². The van der Waals surface area contributed by atoms with E-state index in [0.29, 0.717) is 17.9 Å². The van der Waals surface area contributed by atoms with Crippen molar-refractivity contribution in [1.82, 2.24) is 14.6 Å². The molecule has 0 fully saturated rings. The fourth-order valence-corrected chi connectivity index (χ4v) is 2.82. The number of hydrogen-bond donors (Lipinski definition) is 2. The number of ether oxygens (including phenoxy) is 1. The lowest BCUT2D eigenvalue weighted by Gasteiger charge is -2.14. The summed E-state index contributed by atoms with van der Waals surface area (Å²) < 4.78 is 7.32. The van der Waals surface area contributed by atoms with Gasteiger partial charge in [0.2, 0.25) is 5.88 Å². The van der Waals surface area contributed by atoms with Gasteiger partial charge in [-0.2, -0.15) is 5.10 Å². The number of aromatic nitrogens is 2. The number of aromatic hydroxyl groups is 1. The Morgan fingerprint density at radius 1 is 1.25 bits per heavy atom. The average molecular weight is 330 g/mol. The molecule has 0 radical (unpaired) electrons. The summed E-state index contributed by atoms with van der Waals surface area (Å²) in [6.45, 7) is 0. The number of benzene rings is 1. The van der Waals surface area contributed by atoms with E-state index < -0.39 is 11.2 Å². The summed E-state index contributed by atoms with van der Waals surface area (Å²) in [6, 6.07) is 7.33. The fraction of sp³-hybridized carbons (Fsp3) is 0.312. The Labute approximate surface area is 137 Å². The second-order valence-electron chi connectivity index (χ2n) is 5.59. The molecule has 1 aromatic carbocycles. The number of nitrogens with one attached hydrogen (secondary N) is 1. The van der Waals surface area contributed by atoms with Crippen LogP contribution in [-0.2, 0) is 14.1 Å². The molecular formula is C16H18N4O4. The van der Waals surface area contributed by atoms with Crippen molar-refractivity contribution >= 4 is 5.71 Å². The van der Waals surface area contributed by atoms with Crippen LogP contribution in [0.1, 0.15) is 23.6 Å². The Hall–Kier alpha value is -3.03. The molecule has 1 aliphatic heterocycles. The largest absolute Gasteiger partial charge is 0.496 e. The van der Waals surface area contributed by atoms with Crippen LogP contribution >= 0.6 is 0 Å². The Morgan fingerprint density at radius 2 is 1.96 bits per heavy atom. The van der Waals surface area contributed by atoms with E-state index >= 15 is 0 Å². The molecule has 0 amide bonds. The van der Waals surface area contributed by atoms with Gasteiger partial charge in [0, 0.05) is 26.1 Å². The van der Waals surface area contributed by atoms with Gasteiger partial charge in [-0.25, -0.2) is 4.79 Å². The first kappa shape index (κ1) is 15.9.